The van der Waals surface area contributed by atoms with Crippen molar-refractivity contribution in [2.24, 2.45) is 5.10 Å². The number of nitrogens with one attached hydrogen (secondary N) is 1. The van der Waals surface area contributed by atoms with Gasteiger partial charge in [0.05, 0.1) is 5.69 Å². The minimum absolute atomic E-state index is 0.0772. The molecule has 0 bridgehead atoms. The van der Waals surface area contributed by atoms with Crippen LogP contribution in [-0.4, -0.2) is 34.6 Å². The molecule has 0 aromatic carbocycles. The van der Waals surface area contributed by atoms with Gasteiger partial charge in [-0.15, -0.1) is 11.3 Å². The molecular weight excluding hydrogens is 240 g/mol. The summed E-state index contributed by atoms with van der Waals surface area (Å²) in [6.45, 7) is 1.86. The Bertz CT molecular complexity index is 494. The van der Waals surface area contributed by atoms with Crippen LogP contribution in [0.2, 0.25) is 0 Å². The van der Waals surface area contributed by atoms with Crippen LogP contribution in [-0.2, 0) is 9.59 Å². The molecule has 0 aliphatic carbocycles. The maximum atomic E-state index is 11.8. The molecule has 0 saturated heterocycles. The monoisotopic (exact) mass is 252 g/mol. The van der Waals surface area contributed by atoms with Crippen molar-refractivity contribution in [1.82, 2.24) is 9.99 Å². The number of hydrazone groups is 1. The van der Waals surface area contributed by atoms with Crippen LogP contribution in [0.3, 0.4) is 0 Å². The van der Waals surface area contributed by atoms with Crippen LogP contribution in [0, 0.1) is 6.92 Å². The van der Waals surface area contributed by atoms with Crippen LogP contribution in [0.1, 0.15) is 18.5 Å². The Morgan fingerprint density at radius 2 is 2.29 bits per heavy atom. The van der Waals surface area contributed by atoms with E-state index in [-0.39, 0.29) is 11.8 Å². The molecule has 0 saturated carbocycles. The average molecular weight is 252 g/mol. The van der Waals surface area contributed by atoms with Gasteiger partial charge in [-0.05, 0) is 6.92 Å². The van der Waals surface area contributed by atoms with Crippen molar-refractivity contribution in [2.75, 3.05) is 12.4 Å². The van der Waals surface area contributed by atoms with Crippen LogP contribution in [0.15, 0.2) is 10.5 Å². The smallest absolute Gasteiger partial charge is 0.273 e. The highest BCUT2D eigenvalue weighted by molar-refractivity contribution is 7.14. The van der Waals surface area contributed by atoms with Crippen molar-refractivity contribution < 1.29 is 9.59 Å². The van der Waals surface area contributed by atoms with E-state index in [2.05, 4.69) is 15.4 Å². The highest BCUT2D eigenvalue weighted by Gasteiger charge is 2.22. The van der Waals surface area contributed by atoms with Crippen molar-refractivity contribution in [3.05, 3.63) is 11.1 Å². The summed E-state index contributed by atoms with van der Waals surface area (Å²) in [6.07, 6.45) is 0.693. The first-order valence-corrected chi connectivity index (χ1v) is 6.02. The molecule has 2 rings (SSSR count). The lowest BCUT2D eigenvalue weighted by molar-refractivity contribution is -0.130. The number of carbonyl (C=O) groups is 2. The average Bonchev–Trinajstić information content (AvgIpc) is 2.68. The first-order valence-electron chi connectivity index (χ1n) is 5.14. The summed E-state index contributed by atoms with van der Waals surface area (Å²) in [4.78, 5) is 27.1. The molecule has 2 amide bonds. The van der Waals surface area contributed by atoms with E-state index in [0.29, 0.717) is 23.7 Å². The number of hydrogen-bond donors (Lipinski definition) is 1. The van der Waals surface area contributed by atoms with Crippen LogP contribution >= 0.6 is 11.3 Å². The number of aromatic nitrogens is 1. The summed E-state index contributed by atoms with van der Waals surface area (Å²) in [7, 11) is 1.54. The number of hydrogen-bond acceptors (Lipinski definition) is 5. The molecule has 0 fully saturated rings. The topological polar surface area (TPSA) is 74.7 Å². The fourth-order valence-corrected chi connectivity index (χ4v) is 2.10. The Labute approximate surface area is 102 Å². The maximum Gasteiger partial charge on any atom is 0.273 e. The minimum Gasteiger partial charge on any atom is -0.297 e. The Morgan fingerprint density at radius 1 is 1.53 bits per heavy atom. The van der Waals surface area contributed by atoms with E-state index in [4.69, 9.17) is 0 Å². The van der Waals surface area contributed by atoms with Gasteiger partial charge >= 0.3 is 0 Å². The van der Waals surface area contributed by atoms with E-state index in [9.17, 15) is 9.59 Å². The molecule has 0 unspecified atom stereocenters. The molecule has 1 aliphatic heterocycles. The number of amides is 2. The predicted molar refractivity (Wildman–Crippen MR) is 64.9 cm³/mol. The third kappa shape index (κ3) is 2.68. The fourth-order valence-electron chi connectivity index (χ4n) is 1.41. The third-order valence-corrected chi connectivity index (χ3v) is 3.18. The molecule has 1 aromatic rings. The van der Waals surface area contributed by atoms with E-state index >= 15 is 0 Å². The molecule has 90 valence electrons. The molecule has 1 aromatic heterocycles. The zero-order chi connectivity index (χ0) is 12.4. The highest BCUT2D eigenvalue weighted by Crippen LogP contribution is 2.15. The number of thiazole rings is 1. The number of rotatable bonds is 2. The number of aryl methyl sites for hydroxylation is 1. The van der Waals surface area contributed by atoms with Crippen LogP contribution in [0.5, 0.6) is 0 Å². The third-order valence-electron chi connectivity index (χ3n) is 2.31. The normalized spacial score (nSPS) is 15.8. The first kappa shape index (κ1) is 11.7. The van der Waals surface area contributed by atoms with Crippen molar-refractivity contribution in [2.45, 2.75) is 19.8 Å². The highest BCUT2D eigenvalue weighted by atomic mass is 32.1. The van der Waals surface area contributed by atoms with Gasteiger partial charge in [0.1, 0.15) is 5.71 Å². The lowest BCUT2D eigenvalue weighted by Crippen LogP contribution is -2.34. The van der Waals surface area contributed by atoms with Gasteiger partial charge in [0.15, 0.2) is 5.13 Å². The van der Waals surface area contributed by atoms with E-state index in [0.717, 1.165) is 5.69 Å². The second-order valence-corrected chi connectivity index (χ2v) is 4.57. The molecule has 17 heavy (non-hydrogen) atoms. The lowest BCUT2D eigenvalue weighted by Gasteiger charge is -2.18. The molecule has 7 heteroatoms. The quantitative estimate of drug-likeness (QED) is 0.853. The molecule has 0 radical (unpaired) electrons. The van der Waals surface area contributed by atoms with E-state index in [1.807, 2.05) is 12.3 Å². The second-order valence-electron chi connectivity index (χ2n) is 3.71. The van der Waals surface area contributed by atoms with Crippen LogP contribution < -0.4 is 5.32 Å². The van der Waals surface area contributed by atoms with Crippen molar-refractivity contribution in [1.29, 1.82) is 0 Å². The number of carbonyl (C=O) groups excluding carboxylic acids is 2. The van der Waals surface area contributed by atoms with Crippen molar-refractivity contribution in [3.63, 3.8) is 0 Å². The van der Waals surface area contributed by atoms with Crippen molar-refractivity contribution in [3.8, 4) is 0 Å². The Kier molecular flexibility index (Phi) is 3.19. The zero-order valence-electron chi connectivity index (χ0n) is 9.56. The zero-order valence-corrected chi connectivity index (χ0v) is 10.4. The first-order chi connectivity index (χ1) is 8.06. The standard InChI is InChI=1S/C10H12N4O2S/c1-6-5-17-10(11-6)12-9(16)7-3-4-8(15)14(2)13-7/h5H,3-4H2,1-2H3,(H,11,12,16). The molecule has 1 N–H and O–H groups in total. The molecule has 1 aliphatic rings. The fraction of sp³-hybridized carbons (Fsp3) is 0.400. The van der Waals surface area contributed by atoms with E-state index in [1.54, 1.807) is 7.05 Å². The number of anilines is 1. The maximum absolute atomic E-state index is 11.8. The van der Waals surface area contributed by atoms with Crippen LogP contribution in [0.4, 0.5) is 5.13 Å². The molecule has 6 nitrogen and oxygen atoms in total. The second kappa shape index (κ2) is 4.62. The molecule has 2 heterocycles. The Morgan fingerprint density at radius 3 is 2.88 bits per heavy atom. The SMILES string of the molecule is Cc1csc(NC(=O)C2=NN(C)C(=O)CC2)n1. The van der Waals surface area contributed by atoms with Gasteiger partial charge in [-0.25, -0.2) is 9.99 Å². The lowest BCUT2D eigenvalue weighted by atomic mass is 10.1. The van der Waals surface area contributed by atoms with Gasteiger partial charge < -0.3 is 0 Å². The molecule has 0 spiro atoms. The summed E-state index contributed by atoms with van der Waals surface area (Å²) in [5.41, 5.74) is 1.23. The van der Waals surface area contributed by atoms with Crippen LogP contribution in [0.25, 0.3) is 0 Å². The van der Waals surface area contributed by atoms with Gasteiger partial charge in [-0.1, -0.05) is 0 Å². The largest absolute Gasteiger partial charge is 0.297 e. The summed E-state index contributed by atoms with van der Waals surface area (Å²) >= 11 is 1.36. The van der Waals surface area contributed by atoms with Gasteiger partial charge in [0.25, 0.3) is 5.91 Å². The molecule has 0 atom stereocenters. The summed E-state index contributed by atoms with van der Waals surface area (Å²) in [6, 6.07) is 0. The van der Waals surface area contributed by atoms with E-state index in [1.165, 1.54) is 16.3 Å². The minimum atomic E-state index is -0.293. The Balaban J connectivity index is 2.06. The van der Waals surface area contributed by atoms with Crippen molar-refractivity contribution >= 4 is 34.0 Å². The number of nitrogens with zero attached hydrogens (tertiary/aromatic N) is 3. The summed E-state index contributed by atoms with van der Waals surface area (Å²) < 4.78 is 0. The summed E-state index contributed by atoms with van der Waals surface area (Å²) in [5, 5.41) is 10.2. The summed E-state index contributed by atoms with van der Waals surface area (Å²) in [5.74, 6) is -0.370. The molecular formula is C10H12N4O2S. The Hall–Kier alpha value is -1.76. The van der Waals surface area contributed by atoms with Gasteiger partial charge in [-0.2, -0.15) is 5.10 Å². The van der Waals surface area contributed by atoms with Gasteiger partial charge in [0.2, 0.25) is 5.91 Å². The van der Waals surface area contributed by atoms with E-state index < -0.39 is 0 Å². The van der Waals surface area contributed by atoms with Gasteiger partial charge in [0, 0.05) is 25.3 Å². The predicted octanol–water partition coefficient (Wildman–Crippen LogP) is 0.998. The van der Waals surface area contributed by atoms with Gasteiger partial charge in [-0.3, -0.25) is 14.9 Å².